The zero-order chi connectivity index (χ0) is 10.4. The summed E-state index contributed by atoms with van der Waals surface area (Å²) in [5, 5.41) is 8.18. The van der Waals surface area contributed by atoms with Crippen molar-refractivity contribution in [2.24, 2.45) is 0 Å². The normalized spacial score (nSPS) is 10.1. The van der Waals surface area contributed by atoms with Crippen LogP contribution in [0.15, 0.2) is 11.4 Å². The first-order valence-corrected chi connectivity index (χ1v) is 5.62. The molecule has 1 aromatic heterocycles. The molecule has 1 rings (SSSR count). The van der Waals surface area contributed by atoms with E-state index in [0.29, 0.717) is 17.3 Å². The number of carbonyl (C=O) groups is 1. The number of thioether (sulfide) groups is 1. The van der Waals surface area contributed by atoms with Crippen LogP contribution in [0.25, 0.3) is 0 Å². The second-order valence-corrected chi connectivity index (χ2v) is 3.81. The maximum atomic E-state index is 11.3. The zero-order valence-electron chi connectivity index (χ0n) is 8.36. The van der Waals surface area contributed by atoms with E-state index in [0.717, 1.165) is 12.2 Å². The van der Waals surface area contributed by atoms with Gasteiger partial charge in [-0.2, -0.15) is 5.10 Å². The largest absolute Gasteiger partial charge is 0.292 e. The zero-order valence-corrected chi connectivity index (χ0v) is 9.17. The lowest BCUT2D eigenvalue weighted by atomic mass is 10.2. The summed E-state index contributed by atoms with van der Waals surface area (Å²) in [6.07, 6.45) is 2.93. The van der Waals surface area contributed by atoms with Crippen molar-refractivity contribution < 1.29 is 4.79 Å². The molecule has 0 aliphatic heterocycles. The molecule has 0 unspecified atom stereocenters. The first-order valence-electron chi connectivity index (χ1n) is 4.63. The molecular weight excluding hydrogens is 198 g/mol. The quantitative estimate of drug-likeness (QED) is 0.550. The van der Waals surface area contributed by atoms with Crippen LogP contribution in [0.1, 0.15) is 37.2 Å². The molecule has 4 nitrogen and oxygen atoms in total. The lowest BCUT2D eigenvalue weighted by molar-refractivity contribution is 0.0982. The Hall–Kier alpha value is -0.970. The Balaban J connectivity index is 2.73. The van der Waals surface area contributed by atoms with E-state index in [2.05, 4.69) is 22.1 Å². The van der Waals surface area contributed by atoms with E-state index in [1.165, 1.54) is 18.0 Å². The minimum absolute atomic E-state index is 0.0123. The highest BCUT2D eigenvalue weighted by atomic mass is 32.2. The van der Waals surface area contributed by atoms with Crippen LogP contribution in [0.3, 0.4) is 0 Å². The molecule has 76 valence electrons. The van der Waals surface area contributed by atoms with Crippen LogP contribution in [0, 0.1) is 0 Å². The van der Waals surface area contributed by atoms with Crippen molar-refractivity contribution in [3.8, 4) is 0 Å². The Bertz CT molecular complexity index is 317. The minimum atomic E-state index is 0.0123. The molecule has 1 heterocycles. The van der Waals surface area contributed by atoms with Gasteiger partial charge in [0.15, 0.2) is 5.78 Å². The van der Waals surface area contributed by atoms with Gasteiger partial charge < -0.3 is 0 Å². The maximum absolute atomic E-state index is 11.3. The highest BCUT2D eigenvalue weighted by Crippen LogP contribution is 2.12. The third kappa shape index (κ3) is 3.06. The lowest BCUT2D eigenvalue weighted by Gasteiger charge is -1.99. The molecule has 5 heteroatoms. The topological polar surface area (TPSA) is 55.7 Å². The van der Waals surface area contributed by atoms with Crippen LogP contribution in [0.4, 0.5) is 0 Å². The van der Waals surface area contributed by atoms with Crippen molar-refractivity contribution in [2.75, 3.05) is 5.75 Å². The SMILES string of the molecule is CCCSc1nncc(C(=O)CC)n1. The summed E-state index contributed by atoms with van der Waals surface area (Å²) >= 11 is 1.53. The number of aromatic nitrogens is 3. The average molecular weight is 211 g/mol. The van der Waals surface area contributed by atoms with Crippen molar-refractivity contribution in [1.82, 2.24) is 15.2 Å². The molecule has 0 spiro atoms. The summed E-state index contributed by atoms with van der Waals surface area (Å²) < 4.78 is 0. The number of ketones is 1. The van der Waals surface area contributed by atoms with E-state index >= 15 is 0 Å². The molecule has 0 aromatic carbocycles. The van der Waals surface area contributed by atoms with Crippen LogP contribution >= 0.6 is 11.8 Å². The van der Waals surface area contributed by atoms with Crippen molar-refractivity contribution in [1.29, 1.82) is 0 Å². The van der Waals surface area contributed by atoms with Gasteiger partial charge in [0.05, 0.1) is 6.20 Å². The van der Waals surface area contributed by atoms with E-state index in [-0.39, 0.29) is 5.78 Å². The third-order valence-corrected chi connectivity index (χ3v) is 2.62. The molecule has 0 N–H and O–H groups in total. The summed E-state index contributed by atoms with van der Waals surface area (Å²) in [5.74, 6) is 0.962. The summed E-state index contributed by atoms with van der Waals surface area (Å²) in [6.45, 7) is 3.89. The maximum Gasteiger partial charge on any atom is 0.209 e. The molecule has 1 aromatic rings. The number of Topliss-reactive ketones (excluding diaryl/α,β-unsaturated/α-hetero) is 1. The number of hydrogen-bond acceptors (Lipinski definition) is 5. The molecule has 0 amide bonds. The van der Waals surface area contributed by atoms with Crippen LogP contribution in [-0.2, 0) is 0 Å². The molecular formula is C9H13N3OS. The molecule has 14 heavy (non-hydrogen) atoms. The Kier molecular flexibility index (Phi) is 4.52. The van der Waals surface area contributed by atoms with Gasteiger partial charge >= 0.3 is 0 Å². The van der Waals surface area contributed by atoms with Crippen LogP contribution in [-0.4, -0.2) is 26.7 Å². The summed E-state index contributed by atoms with van der Waals surface area (Å²) in [5.41, 5.74) is 0.418. The lowest BCUT2D eigenvalue weighted by Crippen LogP contribution is -2.04. The Morgan fingerprint density at radius 3 is 2.93 bits per heavy atom. The smallest absolute Gasteiger partial charge is 0.209 e. The standard InChI is InChI=1S/C9H13N3OS/c1-3-5-14-9-11-7(6-10-12-9)8(13)4-2/h6H,3-5H2,1-2H3. The van der Waals surface area contributed by atoms with Crippen LogP contribution in [0.5, 0.6) is 0 Å². The van der Waals surface area contributed by atoms with Crippen molar-refractivity contribution in [3.63, 3.8) is 0 Å². The highest BCUT2D eigenvalue weighted by Gasteiger charge is 2.07. The number of rotatable bonds is 5. The predicted molar refractivity (Wildman–Crippen MR) is 55.5 cm³/mol. The van der Waals surface area contributed by atoms with E-state index in [1.54, 1.807) is 0 Å². The van der Waals surface area contributed by atoms with E-state index in [4.69, 9.17) is 0 Å². The van der Waals surface area contributed by atoms with E-state index in [1.807, 2.05) is 6.92 Å². The van der Waals surface area contributed by atoms with Gasteiger partial charge in [0.1, 0.15) is 5.69 Å². The molecule has 0 atom stereocenters. The fraction of sp³-hybridized carbons (Fsp3) is 0.556. The first-order chi connectivity index (χ1) is 6.77. The molecule has 0 saturated carbocycles. The number of hydrogen-bond donors (Lipinski definition) is 0. The minimum Gasteiger partial charge on any atom is -0.292 e. The monoisotopic (exact) mass is 211 g/mol. The highest BCUT2D eigenvalue weighted by molar-refractivity contribution is 7.99. The molecule has 0 bridgehead atoms. The Labute approximate surface area is 87.5 Å². The van der Waals surface area contributed by atoms with Crippen molar-refractivity contribution >= 4 is 17.5 Å². The van der Waals surface area contributed by atoms with Gasteiger partial charge in [0, 0.05) is 12.2 Å². The van der Waals surface area contributed by atoms with E-state index < -0.39 is 0 Å². The second-order valence-electron chi connectivity index (χ2n) is 2.75. The second kappa shape index (κ2) is 5.70. The van der Waals surface area contributed by atoms with Gasteiger partial charge in [-0.05, 0) is 6.42 Å². The van der Waals surface area contributed by atoms with Gasteiger partial charge in [-0.3, -0.25) is 4.79 Å². The van der Waals surface area contributed by atoms with Crippen LogP contribution < -0.4 is 0 Å². The average Bonchev–Trinajstić information content (AvgIpc) is 2.25. The molecule has 0 saturated heterocycles. The van der Waals surface area contributed by atoms with E-state index in [9.17, 15) is 4.79 Å². The first kappa shape index (κ1) is 11.1. The summed E-state index contributed by atoms with van der Waals surface area (Å²) in [6, 6.07) is 0. The summed E-state index contributed by atoms with van der Waals surface area (Å²) in [4.78, 5) is 15.4. The molecule has 0 fully saturated rings. The van der Waals surface area contributed by atoms with Crippen LogP contribution in [0.2, 0.25) is 0 Å². The van der Waals surface area contributed by atoms with Crippen molar-refractivity contribution in [2.45, 2.75) is 31.8 Å². The predicted octanol–water partition coefficient (Wildman–Crippen LogP) is 1.97. The van der Waals surface area contributed by atoms with Gasteiger partial charge in [-0.25, -0.2) is 4.98 Å². The van der Waals surface area contributed by atoms with Crippen molar-refractivity contribution in [3.05, 3.63) is 11.9 Å². The fourth-order valence-electron chi connectivity index (χ4n) is 0.857. The van der Waals surface area contributed by atoms with Gasteiger partial charge in [0.25, 0.3) is 0 Å². The molecule has 0 radical (unpaired) electrons. The fourth-order valence-corrected chi connectivity index (χ4v) is 1.51. The molecule has 0 aliphatic carbocycles. The van der Waals surface area contributed by atoms with Gasteiger partial charge in [-0.1, -0.05) is 25.6 Å². The van der Waals surface area contributed by atoms with Gasteiger partial charge in [0.2, 0.25) is 5.16 Å². The summed E-state index contributed by atoms with van der Waals surface area (Å²) in [7, 11) is 0. The Morgan fingerprint density at radius 1 is 1.50 bits per heavy atom. The number of nitrogens with zero attached hydrogens (tertiary/aromatic N) is 3. The Morgan fingerprint density at radius 2 is 2.29 bits per heavy atom. The third-order valence-electron chi connectivity index (χ3n) is 1.58. The molecule has 0 aliphatic rings. The van der Waals surface area contributed by atoms with Gasteiger partial charge in [-0.15, -0.1) is 5.10 Å². The number of carbonyl (C=O) groups excluding carboxylic acids is 1.